The summed E-state index contributed by atoms with van der Waals surface area (Å²) >= 11 is 5.57. The lowest BCUT2D eigenvalue weighted by Gasteiger charge is -2.08. The van der Waals surface area contributed by atoms with E-state index in [-0.39, 0.29) is 0 Å². The van der Waals surface area contributed by atoms with Crippen molar-refractivity contribution in [1.82, 2.24) is 0 Å². The fraction of sp³-hybridized carbons (Fsp3) is 1.00. The van der Waals surface area contributed by atoms with Crippen LogP contribution < -0.4 is 0 Å². The predicted octanol–water partition coefficient (Wildman–Crippen LogP) is 2.80. The van der Waals surface area contributed by atoms with Crippen molar-refractivity contribution in [3.8, 4) is 0 Å². The second-order valence-corrected chi connectivity index (χ2v) is 3.53. The summed E-state index contributed by atoms with van der Waals surface area (Å²) in [6, 6.07) is 0. The first kappa shape index (κ1) is 11.2. The minimum atomic E-state index is 0.336. The number of rotatable bonds is 7. The van der Waals surface area contributed by atoms with Crippen molar-refractivity contribution in [2.75, 3.05) is 12.5 Å². The van der Waals surface area contributed by atoms with Crippen LogP contribution in [-0.4, -0.2) is 17.6 Å². The molecule has 0 aromatic rings. The molecular formula is C9H19ClO. The van der Waals surface area contributed by atoms with Crippen LogP contribution in [0.1, 0.15) is 39.0 Å². The van der Waals surface area contributed by atoms with Crippen molar-refractivity contribution in [2.45, 2.75) is 39.0 Å². The summed E-state index contributed by atoms with van der Waals surface area (Å²) in [4.78, 5) is 0. The molecule has 0 rings (SSSR count). The molecule has 0 saturated heterocycles. The molecule has 1 atom stereocenters. The number of aliphatic hydroxyl groups is 1. The maximum absolute atomic E-state index is 8.53. The first-order chi connectivity index (χ1) is 5.31. The molecule has 0 aliphatic carbocycles. The molecule has 0 radical (unpaired) electrons. The molecule has 0 aliphatic heterocycles. The van der Waals surface area contributed by atoms with Crippen molar-refractivity contribution < 1.29 is 5.11 Å². The third-order valence-corrected chi connectivity index (χ3v) is 2.20. The van der Waals surface area contributed by atoms with E-state index in [2.05, 4.69) is 6.92 Å². The molecule has 0 fully saturated rings. The first-order valence-electron chi connectivity index (χ1n) is 4.48. The molecule has 0 heterocycles. The molecular weight excluding hydrogens is 160 g/mol. The Kier molecular flexibility index (Phi) is 8.54. The lowest BCUT2D eigenvalue weighted by atomic mass is 9.99. The SMILES string of the molecule is CC(CCCCl)CCCCO. The first-order valence-corrected chi connectivity index (χ1v) is 5.01. The van der Waals surface area contributed by atoms with Gasteiger partial charge in [-0.05, 0) is 25.2 Å². The Labute approximate surface area is 74.8 Å². The lowest BCUT2D eigenvalue weighted by Crippen LogP contribution is -1.96. The average Bonchev–Trinajstić information content (AvgIpc) is 2.01. The summed E-state index contributed by atoms with van der Waals surface area (Å²) in [5, 5.41) is 8.53. The quantitative estimate of drug-likeness (QED) is 0.470. The van der Waals surface area contributed by atoms with E-state index in [0.29, 0.717) is 6.61 Å². The Bertz CT molecular complexity index is 76.0. The number of hydrogen-bond acceptors (Lipinski definition) is 1. The van der Waals surface area contributed by atoms with Crippen molar-refractivity contribution in [1.29, 1.82) is 0 Å². The molecule has 0 amide bonds. The van der Waals surface area contributed by atoms with E-state index in [1.54, 1.807) is 0 Å². The van der Waals surface area contributed by atoms with Crippen LogP contribution in [0.2, 0.25) is 0 Å². The standard InChI is InChI=1S/C9H19ClO/c1-9(6-4-7-10)5-2-3-8-11/h9,11H,2-8H2,1H3. The monoisotopic (exact) mass is 178 g/mol. The van der Waals surface area contributed by atoms with Gasteiger partial charge in [-0.25, -0.2) is 0 Å². The predicted molar refractivity (Wildman–Crippen MR) is 50.1 cm³/mol. The summed E-state index contributed by atoms with van der Waals surface area (Å²) < 4.78 is 0. The summed E-state index contributed by atoms with van der Waals surface area (Å²) in [5.74, 6) is 1.56. The van der Waals surface area contributed by atoms with Gasteiger partial charge in [-0.3, -0.25) is 0 Å². The Morgan fingerprint density at radius 3 is 2.36 bits per heavy atom. The van der Waals surface area contributed by atoms with Gasteiger partial charge in [-0.15, -0.1) is 11.6 Å². The van der Waals surface area contributed by atoms with Gasteiger partial charge in [0.05, 0.1) is 0 Å². The number of aliphatic hydroxyl groups excluding tert-OH is 1. The van der Waals surface area contributed by atoms with E-state index >= 15 is 0 Å². The number of halogens is 1. The van der Waals surface area contributed by atoms with E-state index in [1.165, 1.54) is 12.8 Å². The van der Waals surface area contributed by atoms with Gasteiger partial charge < -0.3 is 5.11 Å². The van der Waals surface area contributed by atoms with Gasteiger partial charge in [0.15, 0.2) is 0 Å². The van der Waals surface area contributed by atoms with Gasteiger partial charge in [0.1, 0.15) is 0 Å². The third kappa shape index (κ3) is 8.15. The molecule has 0 bridgehead atoms. The van der Waals surface area contributed by atoms with Gasteiger partial charge in [0.25, 0.3) is 0 Å². The topological polar surface area (TPSA) is 20.2 Å². The van der Waals surface area contributed by atoms with Gasteiger partial charge in [0.2, 0.25) is 0 Å². The van der Waals surface area contributed by atoms with E-state index < -0.39 is 0 Å². The fourth-order valence-corrected chi connectivity index (χ4v) is 1.33. The molecule has 0 aliphatic rings. The number of unbranched alkanes of at least 4 members (excludes halogenated alkanes) is 1. The molecule has 11 heavy (non-hydrogen) atoms. The van der Waals surface area contributed by atoms with E-state index in [9.17, 15) is 0 Å². The fourth-order valence-electron chi connectivity index (χ4n) is 1.17. The van der Waals surface area contributed by atoms with Gasteiger partial charge in [0, 0.05) is 12.5 Å². The highest BCUT2D eigenvalue weighted by atomic mass is 35.5. The van der Waals surface area contributed by atoms with Crippen molar-refractivity contribution in [3.63, 3.8) is 0 Å². The zero-order valence-electron chi connectivity index (χ0n) is 7.35. The normalized spacial score (nSPS) is 13.4. The largest absolute Gasteiger partial charge is 0.396 e. The Balaban J connectivity index is 3.02. The highest BCUT2D eigenvalue weighted by Gasteiger charge is 2.00. The summed E-state index contributed by atoms with van der Waals surface area (Å²) in [7, 11) is 0. The molecule has 0 aromatic heterocycles. The zero-order valence-corrected chi connectivity index (χ0v) is 8.11. The van der Waals surface area contributed by atoms with Crippen molar-refractivity contribution in [2.24, 2.45) is 5.92 Å². The summed E-state index contributed by atoms with van der Waals surface area (Å²) in [6.07, 6.45) is 5.69. The zero-order chi connectivity index (χ0) is 8.53. The van der Waals surface area contributed by atoms with Gasteiger partial charge in [-0.2, -0.15) is 0 Å². The summed E-state index contributed by atoms with van der Waals surface area (Å²) in [6.45, 7) is 2.59. The highest BCUT2D eigenvalue weighted by Crippen LogP contribution is 2.13. The average molecular weight is 179 g/mol. The van der Waals surface area contributed by atoms with Crippen LogP contribution in [0.25, 0.3) is 0 Å². The van der Waals surface area contributed by atoms with Gasteiger partial charge >= 0.3 is 0 Å². The molecule has 0 saturated carbocycles. The lowest BCUT2D eigenvalue weighted by molar-refractivity contribution is 0.278. The number of hydrogen-bond donors (Lipinski definition) is 1. The van der Waals surface area contributed by atoms with Gasteiger partial charge in [-0.1, -0.05) is 19.8 Å². The molecule has 1 N–H and O–H groups in total. The van der Waals surface area contributed by atoms with E-state index in [1.807, 2.05) is 0 Å². The molecule has 0 aromatic carbocycles. The number of alkyl halides is 1. The molecule has 2 heteroatoms. The second kappa shape index (κ2) is 8.35. The maximum atomic E-state index is 8.53. The van der Waals surface area contributed by atoms with Crippen LogP contribution in [0.4, 0.5) is 0 Å². The van der Waals surface area contributed by atoms with Crippen LogP contribution in [0.15, 0.2) is 0 Å². The molecule has 1 unspecified atom stereocenters. The highest BCUT2D eigenvalue weighted by molar-refractivity contribution is 6.17. The van der Waals surface area contributed by atoms with E-state index in [4.69, 9.17) is 16.7 Å². The Morgan fingerprint density at radius 2 is 1.82 bits per heavy atom. The Morgan fingerprint density at radius 1 is 1.18 bits per heavy atom. The van der Waals surface area contributed by atoms with E-state index in [0.717, 1.165) is 31.1 Å². The minimum Gasteiger partial charge on any atom is -0.396 e. The van der Waals surface area contributed by atoms with Crippen LogP contribution in [0.5, 0.6) is 0 Å². The Hall–Kier alpha value is 0.250. The maximum Gasteiger partial charge on any atom is 0.0431 e. The van der Waals surface area contributed by atoms with Crippen LogP contribution in [-0.2, 0) is 0 Å². The van der Waals surface area contributed by atoms with Crippen molar-refractivity contribution in [3.05, 3.63) is 0 Å². The summed E-state index contributed by atoms with van der Waals surface area (Å²) in [5.41, 5.74) is 0. The molecule has 1 nitrogen and oxygen atoms in total. The van der Waals surface area contributed by atoms with Crippen LogP contribution >= 0.6 is 11.6 Å². The smallest absolute Gasteiger partial charge is 0.0431 e. The molecule has 0 spiro atoms. The third-order valence-electron chi connectivity index (χ3n) is 1.94. The second-order valence-electron chi connectivity index (χ2n) is 3.16. The van der Waals surface area contributed by atoms with Crippen molar-refractivity contribution >= 4 is 11.6 Å². The minimum absolute atomic E-state index is 0.336. The van der Waals surface area contributed by atoms with Crippen LogP contribution in [0.3, 0.4) is 0 Å². The molecule has 68 valence electrons. The van der Waals surface area contributed by atoms with Crippen LogP contribution in [0, 0.1) is 5.92 Å².